The molecule has 17 heavy (non-hydrogen) atoms. The third kappa shape index (κ3) is 2.20. The van der Waals surface area contributed by atoms with Crippen molar-refractivity contribution in [2.24, 2.45) is 0 Å². The molecule has 2 aliphatic carbocycles. The van der Waals surface area contributed by atoms with Gasteiger partial charge in [0, 0.05) is 3.57 Å². The van der Waals surface area contributed by atoms with Crippen molar-refractivity contribution < 1.29 is 0 Å². The summed E-state index contributed by atoms with van der Waals surface area (Å²) < 4.78 is 1.27. The summed E-state index contributed by atoms with van der Waals surface area (Å²) in [5.41, 5.74) is 5.17. The van der Waals surface area contributed by atoms with Crippen LogP contribution >= 0.6 is 22.6 Å². The van der Waals surface area contributed by atoms with E-state index in [0.29, 0.717) is 0 Å². The van der Waals surface area contributed by atoms with Gasteiger partial charge in [0.05, 0.1) is 0 Å². The van der Waals surface area contributed by atoms with E-state index in [1.165, 1.54) is 25.8 Å². The smallest absolute Gasteiger partial charge is 0.0130 e. The number of hydrogen-bond donors (Lipinski definition) is 0. The van der Waals surface area contributed by atoms with Gasteiger partial charge in [0.15, 0.2) is 0 Å². The van der Waals surface area contributed by atoms with E-state index in [2.05, 4.69) is 89.3 Å². The molecule has 0 unspecified atom stereocenters. The first kappa shape index (κ1) is 10.8. The summed E-state index contributed by atoms with van der Waals surface area (Å²) in [4.78, 5) is 0. The molecule has 0 saturated carbocycles. The first-order valence-electron chi connectivity index (χ1n) is 5.58. The van der Waals surface area contributed by atoms with Crippen molar-refractivity contribution in [1.29, 1.82) is 0 Å². The summed E-state index contributed by atoms with van der Waals surface area (Å²) in [5.74, 6) is 0. The van der Waals surface area contributed by atoms with Crippen molar-refractivity contribution in [3.8, 4) is 22.3 Å². The van der Waals surface area contributed by atoms with E-state index >= 15 is 0 Å². The number of fused-ring (bicyclic) bond motifs is 1. The molecule has 2 aliphatic rings. The van der Waals surface area contributed by atoms with Crippen molar-refractivity contribution >= 4 is 22.6 Å². The van der Waals surface area contributed by atoms with E-state index in [1.807, 2.05) is 0 Å². The van der Waals surface area contributed by atoms with Crippen LogP contribution in [0.25, 0.3) is 22.3 Å². The molecule has 0 spiro atoms. The van der Waals surface area contributed by atoms with Gasteiger partial charge in [-0.1, -0.05) is 42.5 Å². The highest BCUT2D eigenvalue weighted by molar-refractivity contribution is 14.1. The second kappa shape index (κ2) is 4.49. The molecule has 0 aliphatic heterocycles. The Morgan fingerprint density at radius 2 is 1.12 bits per heavy atom. The highest BCUT2D eigenvalue weighted by atomic mass is 127. The lowest BCUT2D eigenvalue weighted by Gasteiger charge is -1.96. The van der Waals surface area contributed by atoms with Crippen LogP contribution in [-0.4, -0.2) is 0 Å². The molecular formula is C16H11I. The summed E-state index contributed by atoms with van der Waals surface area (Å²) in [7, 11) is 0. The third-order valence-electron chi connectivity index (χ3n) is 2.91. The molecule has 0 N–H and O–H groups in total. The molecule has 82 valence electrons. The minimum absolute atomic E-state index is 1.27. The Labute approximate surface area is 115 Å². The maximum absolute atomic E-state index is 2.33. The molecular weight excluding hydrogens is 319 g/mol. The lowest BCUT2D eigenvalue weighted by Crippen LogP contribution is -1.73. The standard InChI is InChI=1S/C16H11I/c17-16-8-6-12(7-9-16)15-10-13-4-2-1-3-5-14(13)11-15/h1-11H. The molecule has 0 aromatic heterocycles. The molecule has 1 aromatic rings. The van der Waals surface area contributed by atoms with Crippen LogP contribution in [0.15, 0.2) is 66.7 Å². The third-order valence-corrected chi connectivity index (χ3v) is 3.63. The zero-order valence-electron chi connectivity index (χ0n) is 9.23. The van der Waals surface area contributed by atoms with Crippen LogP contribution in [0.1, 0.15) is 0 Å². The fraction of sp³-hybridized carbons (Fsp3) is 0. The molecule has 0 bridgehead atoms. The molecule has 0 amide bonds. The predicted octanol–water partition coefficient (Wildman–Crippen LogP) is 5.06. The van der Waals surface area contributed by atoms with Crippen LogP contribution in [0.2, 0.25) is 0 Å². The average molecular weight is 330 g/mol. The Bertz CT molecular complexity index is 580. The first-order chi connectivity index (χ1) is 8.33. The molecule has 0 saturated heterocycles. The van der Waals surface area contributed by atoms with Crippen molar-refractivity contribution in [2.45, 2.75) is 0 Å². The SMILES string of the molecule is Ic1ccc(-c2cc3cccccc-3c2)cc1. The molecule has 1 aromatic carbocycles. The maximum Gasteiger partial charge on any atom is 0.0130 e. The summed E-state index contributed by atoms with van der Waals surface area (Å²) in [6.45, 7) is 0. The Hall–Kier alpha value is -1.35. The summed E-state index contributed by atoms with van der Waals surface area (Å²) in [5, 5.41) is 0. The van der Waals surface area contributed by atoms with Crippen LogP contribution in [-0.2, 0) is 0 Å². The molecule has 0 radical (unpaired) electrons. The van der Waals surface area contributed by atoms with Gasteiger partial charge in [0.1, 0.15) is 0 Å². The van der Waals surface area contributed by atoms with E-state index in [-0.39, 0.29) is 0 Å². The van der Waals surface area contributed by atoms with Gasteiger partial charge in [0.25, 0.3) is 0 Å². The van der Waals surface area contributed by atoms with Gasteiger partial charge in [-0.2, -0.15) is 0 Å². The normalized spacial score (nSPS) is 10.6. The quantitative estimate of drug-likeness (QED) is 0.547. The van der Waals surface area contributed by atoms with Gasteiger partial charge in [-0.25, -0.2) is 0 Å². The minimum atomic E-state index is 1.27. The molecule has 0 fully saturated rings. The van der Waals surface area contributed by atoms with Crippen LogP contribution in [0, 0.1) is 3.57 Å². The van der Waals surface area contributed by atoms with Crippen LogP contribution in [0.3, 0.4) is 0 Å². The molecule has 3 rings (SSSR count). The Morgan fingerprint density at radius 1 is 0.529 bits per heavy atom. The number of rotatable bonds is 1. The van der Waals surface area contributed by atoms with E-state index in [4.69, 9.17) is 0 Å². The molecule has 0 heterocycles. The number of halogens is 1. The van der Waals surface area contributed by atoms with E-state index in [9.17, 15) is 0 Å². The van der Waals surface area contributed by atoms with Crippen molar-refractivity contribution in [1.82, 2.24) is 0 Å². The van der Waals surface area contributed by atoms with E-state index in [1.54, 1.807) is 0 Å². The Morgan fingerprint density at radius 3 is 1.71 bits per heavy atom. The van der Waals surface area contributed by atoms with Gasteiger partial charge in [0.2, 0.25) is 0 Å². The fourth-order valence-corrected chi connectivity index (χ4v) is 2.38. The first-order valence-corrected chi connectivity index (χ1v) is 6.65. The number of hydrogen-bond acceptors (Lipinski definition) is 0. The predicted molar refractivity (Wildman–Crippen MR) is 81.2 cm³/mol. The van der Waals surface area contributed by atoms with Crippen LogP contribution < -0.4 is 0 Å². The van der Waals surface area contributed by atoms with Crippen molar-refractivity contribution in [3.63, 3.8) is 0 Å². The lowest BCUT2D eigenvalue weighted by molar-refractivity contribution is 1.63. The lowest BCUT2D eigenvalue weighted by atomic mass is 10.1. The maximum atomic E-state index is 2.33. The van der Waals surface area contributed by atoms with Gasteiger partial charge in [-0.15, -0.1) is 0 Å². The van der Waals surface area contributed by atoms with E-state index in [0.717, 1.165) is 0 Å². The van der Waals surface area contributed by atoms with E-state index < -0.39 is 0 Å². The van der Waals surface area contributed by atoms with Gasteiger partial charge in [-0.05, 0) is 69.1 Å². The summed E-state index contributed by atoms with van der Waals surface area (Å²) in [6.07, 6.45) is 0. The highest BCUT2D eigenvalue weighted by Gasteiger charge is 2.06. The highest BCUT2D eigenvalue weighted by Crippen LogP contribution is 2.31. The van der Waals surface area contributed by atoms with Gasteiger partial charge < -0.3 is 0 Å². The average Bonchev–Trinajstić information content (AvgIpc) is 2.62. The second-order valence-electron chi connectivity index (χ2n) is 4.07. The second-order valence-corrected chi connectivity index (χ2v) is 5.32. The number of benzene rings is 1. The topological polar surface area (TPSA) is 0 Å². The summed E-state index contributed by atoms with van der Waals surface area (Å²) >= 11 is 2.33. The fourth-order valence-electron chi connectivity index (χ4n) is 2.02. The zero-order chi connectivity index (χ0) is 11.7. The zero-order valence-corrected chi connectivity index (χ0v) is 11.4. The van der Waals surface area contributed by atoms with Crippen molar-refractivity contribution in [3.05, 3.63) is 70.3 Å². The van der Waals surface area contributed by atoms with Gasteiger partial charge >= 0.3 is 0 Å². The Balaban J connectivity index is 2.13. The monoisotopic (exact) mass is 330 g/mol. The largest absolute Gasteiger partial charge is 0.0622 e. The Kier molecular flexibility index (Phi) is 2.85. The van der Waals surface area contributed by atoms with Crippen LogP contribution in [0.4, 0.5) is 0 Å². The minimum Gasteiger partial charge on any atom is -0.0622 e. The molecule has 0 atom stereocenters. The molecule has 1 heteroatoms. The van der Waals surface area contributed by atoms with Crippen molar-refractivity contribution in [2.75, 3.05) is 0 Å². The van der Waals surface area contributed by atoms with Crippen LogP contribution in [0.5, 0.6) is 0 Å². The molecule has 0 nitrogen and oxygen atoms in total. The van der Waals surface area contributed by atoms with Gasteiger partial charge in [-0.3, -0.25) is 0 Å². The summed E-state index contributed by atoms with van der Waals surface area (Å²) in [6, 6.07) is 23.7.